The molecule has 72 heavy (non-hydrogen) atoms. The van der Waals surface area contributed by atoms with Crippen molar-refractivity contribution in [1.29, 1.82) is 0 Å². The molecular formula is C53H72N10O8S. The van der Waals surface area contributed by atoms with Gasteiger partial charge in [-0.05, 0) is 114 Å². The Bertz CT molecular complexity index is 2550. The average Bonchev–Trinajstić information content (AvgIpc) is 3.60. The van der Waals surface area contributed by atoms with Crippen LogP contribution in [0.3, 0.4) is 0 Å². The highest BCUT2D eigenvalue weighted by Crippen LogP contribution is 2.45. The van der Waals surface area contributed by atoms with Crippen LogP contribution in [0.1, 0.15) is 134 Å². The number of piperazine rings is 1. The van der Waals surface area contributed by atoms with Crippen LogP contribution in [0, 0.1) is 11.3 Å². The maximum Gasteiger partial charge on any atom is 0.262 e. The van der Waals surface area contributed by atoms with Gasteiger partial charge in [0.15, 0.2) is 11.6 Å². The number of carbonyl (C=O) groups excluding carboxylic acids is 5. The monoisotopic (exact) mass is 1010 g/mol. The molecule has 5 aliphatic heterocycles. The minimum atomic E-state index is -3.16. The maximum atomic E-state index is 13.4. The third kappa shape index (κ3) is 12.6. The zero-order valence-corrected chi connectivity index (χ0v) is 42.6. The number of nitrogens with one attached hydrogen (secondary N) is 3. The van der Waals surface area contributed by atoms with Crippen LogP contribution in [-0.4, -0.2) is 153 Å². The second-order valence-electron chi connectivity index (χ2n) is 21.2. The average molecular weight is 1010 g/mol. The van der Waals surface area contributed by atoms with E-state index < -0.39 is 33.8 Å². The summed E-state index contributed by atoms with van der Waals surface area (Å²) >= 11 is 0. The molecular weight excluding hydrogens is 937 g/mol. The molecule has 19 heteroatoms. The highest BCUT2D eigenvalue weighted by Gasteiger charge is 2.47. The van der Waals surface area contributed by atoms with Crippen molar-refractivity contribution in [3.05, 3.63) is 71.7 Å². The molecule has 0 radical (unpaired) electrons. The Labute approximate surface area is 424 Å². The van der Waals surface area contributed by atoms with Gasteiger partial charge in [0.2, 0.25) is 21.8 Å². The molecule has 1 spiro atoms. The largest absolute Gasteiger partial charge is 0.451 e. The van der Waals surface area contributed by atoms with Crippen LogP contribution < -0.4 is 29.9 Å². The van der Waals surface area contributed by atoms with Gasteiger partial charge in [-0.15, -0.1) is 0 Å². The Morgan fingerprint density at radius 3 is 2.19 bits per heavy atom. The van der Waals surface area contributed by atoms with Gasteiger partial charge in [-0.25, -0.2) is 23.1 Å². The fourth-order valence-electron chi connectivity index (χ4n) is 11.8. The zero-order chi connectivity index (χ0) is 50.2. The van der Waals surface area contributed by atoms with Gasteiger partial charge in [0.1, 0.15) is 18.1 Å². The van der Waals surface area contributed by atoms with Crippen molar-refractivity contribution in [3.8, 4) is 11.5 Å². The summed E-state index contributed by atoms with van der Waals surface area (Å²) in [6, 6.07) is 11.8. The van der Waals surface area contributed by atoms with Gasteiger partial charge in [-0.1, -0.05) is 50.7 Å². The molecule has 388 valence electrons. The lowest BCUT2D eigenvalue weighted by Gasteiger charge is -2.54. The number of hydrogen-bond donors (Lipinski definition) is 3. The van der Waals surface area contributed by atoms with E-state index in [1.165, 1.54) is 31.9 Å². The molecule has 1 unspecified atom stereocenters. The summed E-state index contributed by atoms with van der Waals surface area (Å²) in [5, 5.41) is 5.35. The Balaban J connectivity index is 0.619. The van der Waals surface area contributed by atoms with E-state index in [1.807, 2.05) is 24.3 Å². The predicted molar refractivity (Wildman–Crippen MR) is 274 cm³/mol. The van der Waals surface area contributed by atoms with E-state index in [9.17, 15) is 32.4 Å². The number of amides is 5. The lowest BCUT2D eigenvalue weighted by Crippen LogP contribution is -2.61. The number of piperidine rings is 2. The van der Waals surface area contributed by atoms with Crippen LogP contribution >= 0.6 is 0 Å². The van der Waals surface area contributed by atoms with Crippen molar-refractivity contribution in [2.45, 2.75) is 115 Å². The fraction of sp³-hybridized carbons (Fsp3) is 0.604. The van der Waals surface area contributed by atoms with Crippen LogP contribution in [0.4, 0.5) is 11.5 Å². The van der Waals surface area contributed by atoms with Crippen molar-refractivity contribution < 1.29 is 37.1 Å². The number of benzene rings is 2. The molecule has 6 aliphatic rings. The lowest BCUT2D eigenvalue weighted by molar-refractivity contribution is -0.136. The smallest absolute Gasteiger partial charge is 0.262 e. The van der Waals surface area contributed by atoms with Crippen LogP contribution in [0.15, 0.2) is 55.0 Å². The van der Waals surface area contributed by atoms with Crippen LogP contribution in [0.2, 0.25) is 0 Å². The number of ether oxygens (including phenoxy) is 1. The number of imide groups is 2. The van der Waals surface area contributed by atoms with Gasteiger partial charge in [0, 0.05) is 75.9 Å². The first-order valence-electron chi connectivity index (χ1n) is 26.4. The van der Waals surface area contributed by atoms with E-state index in [1.54, 1.807) is 30.7 Å². The Morgan fingerprint density at radius 2 is 1.47 bits per heavy atom. The standard InChI is InChI=1S/C53H72N10O8S/c1-72(69,70)58-39-16-14-38(15-17-39)34-60-26-22-53(23-27-60)35-62(36-53)48-46(33-54-37-56-48)71-45-13-9-8-12-42(45)49(65)55-24-10-6-4-2-3-5-7-11-25-59-28-30-61(31-29-59)40-18-19-41-43(32-40)52(68)63(51(41)67)44-20-21-47(64)57-50(44)66/h8-9,12-13,18-19,32-33,37-39,44,58H,2-7,10-11,14-17,20-31,34-36H2,1H3,(H,55,65)(H,57,64,66). The highest BCUT2D eigenvalue weighted by atomic mass is 32.2. The number of aromatic nitrogens is 2. The minimum absolute atomic E-state index is 0.0738. The molecule has 5 amide bonds. The summed E-state index contributed by atoms with van der Waals surface area (Å²) in [6.07, 6.45) is 20.0. The molecule has 1 aliphatic carbocycles. The van der Waals surface area contributed by atoms with Gasteiger partial charge < -0.3 is 24.8 Å². The second kappa shape index (κ2) is 23.1. The summed E-state index contributed by atoms with van der Waals surface area (Å²) in [5.41, 5.74) is 2.25. The van der Waals surface area contributed by atoms with Crippen LogP contribution in [0.25, 0.3) is 0 Å². The lowest BCUT2D eigenvalue weighted by atomic mass is 9.71. The first kappa shape index (κ1) is 51.4. The number of anilines is 2. The number of fused-ring (bicyclic) bond motifs is 1. The Hall–Kier alpha value is -5.50. The quantitative estimate of drug-likeness (QED) is 0.0909. The number of carbonyl (C=O) groups is 5. The number of hydrogen-bond acceptors (Lipinski definition) is 14. The third-order valence-electron chi connectivity index (χ3n) is 15.9. The van der Waals surface area contributed by atoms with Gasteiger partial charge in [0.05, 0.1) is 29.1 Å². The van der Waals surface area contributed by atoms with Gasteiger partial charge in [-0.3, -0.25) is 39.1 Å². The third-order valence-corrected chi connectivity index (χ3v) is 16.6. The fourth-order valence-corrected chi connectivity index (χ4v) is 12.6. The molecule has 1 atom stereocenters. The molecule has 6 heterocycles. The van der Waals surface area contributed by atoms with Crippen molar-refractivity contribution in [1.82, 2.24) is 40.0 Å². The van der Waals surface area contributed by atoms with Crippen molar-refractivity contribution in [3.63, 3.8) is 0 Å². The van der Waals surface area contributed by atoms with E-state index in [2.05, 4.69) is 44.9 Å². The highest BCUT2D eigenvalue weighted by molar-refractivity contribution is 7.88. The summed E-state index contributed by atoms with van der Waals surface area (Å²) < 4.78 is 32.5. The number of unbranched alkanes of at least 4 members (excludes halogenated alkanes) is 7. The van der Waals surface area contributed by atoms with Gasteiger partial charge in [0.25, 0.3) is 17.7 Å². The van der Waals surface area contributed by atoms with Gasteiger partial charge >= 0.3 is 0 Å². The molecule has 0 bridgehead atoms. The van der Waals surface area contributed by atoms with E-state index >= 15 is 0 Å². The first-order chi connectivity index (χ1) is 34.8. The van der Waals surface area contributed by atoms with Crippen LogP contribution in [0.5, 0.6) is 11.5 Å². The summed E-state index contributed by atoms with van der Waals surface area (Å²) in [7, 11) is -3.16. The molecule has 4 saturated heterocycles. The number of likely N-dealkylation sites (tertiary alicyclic amines) is 1. The SMILES string of the molecule is CS(=O)(=O)NC1CCC(CN2CCC3(CC2)CN(c2ncncc2Oc2ccccc2C(=O)NCCCCCCCCCCN2CCN(c4ccc5c(c4)C(=O)N(C4CCC(=O)NC4=O)C5=O)CC2)C3)CC1. The molecule has 2 aromatic carbocycles. The summed E-state index contributed by atoms with van der Waals surface area (Å²) in [5.74, 6) is 0.289. The van der Waals surface area contributed by atoms with E-state index in [0.717, 1.165) is 146 Å². The molecule has 3 N–H and O–H groups in total. The van der Waals surface area contributed by atoms with Crippen molar-refractivity contribution >= 4 is 51.1 Å². The number of para-hydroxylation sites is 1. The molecule has 5 fully saturated rings. The summed E-state index contributed by atoms with van der Waals surface area (Å²) in [6.45, 7) is 10.2. The van der Waals surface area contributed by atoms with E-state index in [0.29, 0.717) is 40.7 Å². The van der Waals surface area contributed by atoms with Gasteiger partial charge in [-0.2, -0.15) is 0 Å². The Morgan fingerprint density at radius 1 is 0.778 bits per heavy atom. The molecule has 3 aromatic rings. The number of nitrogens with zero attached hydrogens (tertiary/aromatic N) is 7. The Kier molecular flexibility index (Phi) is 16.5. The first-order valence-corrected chi connectivity index (χ1v) is 28.3. The normalized spacial score (nSPS) is 22.7. The predicted octanol–water partition coefficient (Wildman–Crippen LogP) is 5.35. The second-order valence-corrected chi connectivity index (χ2v) is 22.9. The molecule has 1 saturated carbocycles. The molecule has 1 aromatic heterocycles. The summed E-state index contributed by atoms with van der Waals surface area (Å²) in [4.78, 5) is 83.4. The van der Waals surface area contributed by atoms with E-state index in [4.69, 9.17) is 4.74 Å². The van der Waals surface area contributed by atoms with Crippen molar-refractivity contribution in [2.24, 2.45) is 11.3 Å². The van der Waals surface area contributed by atoms with E-state index in [-0.39, 0.29) is 36.1 Å². The van der Waals surface area contributed by atoms with Crippen molar-refractivity contribution in [2.75, 3.05) is 88.0 Å². The minimum Gasteiger partial charge on any atom is -0.451 e. The molecule has 9 rings (SSSR count). The number of rotatable bonds is 21. The molecule has 18 nitrogen and oxygen atoms in total. The topological polar surface area (TPSA) is 207 Å². The zero-order valence-electron chi connectivity index (χ0n) is 41.8. The number of sulfonamides is 1. The van der Waals surface area contributed by atoms with Crippen LogP contribution in [-0.2, 0) is 19.6 Å². The maximum absolute atomic E-state index is 13.4.